The molecule has 1 fully saturated rings. The predicted molar refractivity (Wildman–Crippen MR) is 106 cm³/mol. The van der Waals surface area contributed by atoms with E-state index < -0.39 is 0 Å². The molecule has 1 saturated heterocycles. The molecule has 0 atom stereocenters. The molecule has 0 bridgehead atoms. The average molecular weight is 375 g/mol. The van der Waals surface area contributed by atoms with Gasteiger partial charge in [-0.05, 0) is 36.4 Å². The quantitative estimate of drug-likeness (QED) is 0.698. The first kappa shape index (κ1) is 17.9. The summed E-state index contributed by atoms with van der Waals surface area (Å²) in [5.74, 6) is 1.63. The number of anilines is 1. The van der Waals surface area contributed by atoms with Crippen LogP contribution in [0, 0.1) is 0 Å². The number of piperazine rings is 1. The number of ether oxygens (including phenoxy) is 1. The highest BCUT2D eigenvalue weighted by atomic mass is 16.5. The molecule has 4 rings (SSSR count). The minimum Gasteiger partial charge on any atom is -0.497 e. The first-order valence-corrected chi connectivity index (χ1v) is 9.17. The highest BCUT2D eigenvalue weighted by Crippen LogP contribution is 2.23. The van der Waals surface area contributed by atoms with E-state index in [9.17, 15) is 4.79 Å². The van der Waals surface area contributed by atoms with Gasteiger partial charge in [-0.3, -0.25) is 9.78 Å². The van der Waals surface area contributed by atoms with Gasteiger partial charge in [0.25, 0.3) is 5.91 Å². The van der Waals surface area contributed by atoms with E-state index in [0.717, 1.165) is 35.9 Å². The maximum absolute atomic E-state index is 12.5. The number of aromatic nitrogens is 3. The number of nitrogens with zero attached hydrogens (tertiary/aromatic N) is 5. The predicted octanol–water partition coefficient (Wildman–Crippen LogP) is 2.51. The second kappa shape index (κ2) is 8.04. The van der Waals surface area contributed by atoms with E-state index in [2.05, 4.69) is 20.1 Å². The van der Waals surface area contributed by atoms with E-state index in [-0.39, 0.29) is 5.91 Å². The molecule has 28 heavy (non-hydrogen) atoms. The molecule has 7 nitrogen and oxygen atoms in total. The maximum Gasteiger partial charge on any atom is 0.255 e. The van der Waals surface area contributed by atoms with Gasteiger partial charge in [0.05, 0.1) is 18.4 Å². The van der Waals surface area contributed by atoms with E-state index in [1.165, 1.54) is 0 Å². The lowest BCUT2D eigenvalue weighted by molar-refractivity contribution is 0.0746. The van der Waals surface area contributed by atoms with Crippen molar-refractivity contribution in [2.24, 2.45) is 0 Å². The molecule has 1 aliphatic rings. The van der Waals surface area contributed by atoms with Crippen molar-refractivity contribution in [1.82, 2.24) is 20.1 Å². The summed E-state index contributed by atoms with van der Waals surface area (Å²) in [5, 5.41) is 8.75. The monoisotopic (exact) mass is 375 g/mol. The fraction of sp³-hybridized carbons (Fsp3) is 0.238. The first-order chi connectivity index (χ1) is 13.7. The van der Waals surface area contributed by atoms with Crippen LogP contribution in [0.15, 0.2) is 60.9 Å². The Kier molecular flexibility index (Phi) is 5.14. The van der Waals surface area contributed by atoms with Gasteiger partial charge in [-0.2, -0.15) is 0 Å². The summed E-state index contributed by atoms with van der Waals surface area (Å²) in [4.78, 5) is 20.5. The van der Waals surface area contributed by atoms with Gasteiger partial charge in [-0.1, -0.05) is 12.1 Å². The van der Waals surface area contributed by atoms with Crippen LogP contribution in [0.2, 0.25) is 0 Å². The molecule has 0 spiro atoms. The van der Waals surface area contributed by atoms with E-state index >= 15 is 0 Å². The molecule has 3 heterocycles. The van der Waals surface area contributed by atoms with Crippen molar-refractivity contribution in [3.63, 3.8) is 0 Å². The third-order valence-corrected chi connectivity index (χ3v) is 4.82. The molecule has 0 unspecified atom stereocenters. The lowest BCUT2D eigenvalue weighted by Crippen LogP contribution is -2.49. The largest absolute Gasteiger partial charge is 0.497 e. The number of hydrogen-bond donors (Lipinski definition) is 0. The lowest BCUT2D eigenvalue weighted by atomic mass is 10.1. The number of hydrogen-bond acceptors (Lipinski definition) is 6. The Hall–Kier alpha value is -3.48. The van der Waals surface area contributed by atoms with E-state index in [4.69, 9.17) is 4.74 Å². The topological polar surface area (TPSA) is 71.5 Å². The normalized spacial score (nSPS) is 14.0. The Morgan fingerprint density at radius 3 is 2.54 bits per heavy atom. The van der Waals surface area contributed by atoms with Crippen molar-refractivity contribution < 1.29 is 9.53 Å². The molecular formula is C21H21N5O2. The third kappa shape index (κ3) is 3.78. The van der Waals surface area contributed by atoms with Crippen LogP contribution in [0.5, 0.6) is 5.75 Å². The van der Waals surface area contributed by atoms with Crippen molar-refractivity contribution in [2.45, 2.75) is 0 Å². The Balaban J connectivity index is 1.40. The number of amides is 1. The van der Waals surface area contributed by atoms with Gasteiger partial charge in [0.1, 0.15) is 5.75 Å². The summed E-state index contributed by atoms with van der Waals surface area (Å²) >= 11 is 0. The molecule has 0 saturated carbocycles. The number of benzene rings is 1. The number of pyridine rings is 1. The molecule has 3 aromatic rings. The Bertz CT molecular complexity index is 939. The van der Waals surface area contributed by atoms with Crippen molar-refractivity contribution in [3.8, 4) is 17.0 Å². The Morgan fingerprint density at radius 1 is 1.00 bits per heavy atom. The minimum atomic E-state index is 0.0206. The van der Waals surface area contributed by atoms with Gasteiger partial charge < -0.3 is 14.5 Å². The lowest BCUT2D eigenvalue weighted by Gasteiger charge is -2.35. The molecular weight excluding hydrogens is 354 g/mol. The summed E-state index contributed by atoms with van der Waals surface area (Å²) in [6.45, 7) is 2.73. The number of carbonyl (C=O) groups is 1. The number of rotatable bonds is 4. The van der Waals surface area contributed by atoms with Crippen molar-refractivity contribution in [2.75, 3.05) is 38.2 Å². The molecule has 1 amide bonds. The fourth-order valence-electron chi connectivity index (χ4n) is 3.24. The smallest absolute Gasteiger partial charge is 0.255 e. The fourth-order valence-corrected chi connectivity index (χ4v) is 3.24. The summed E-state index contributed by atoms with van der Waals surface area (Å²) in [6.07, 6.45) is 3.28. The summed E-state index contributed by atoms with van der Waals surface area (Å²) < 4.78 is 5.26. The van der Waals surface area contributed by atoms with Crippen molar-refractivity contribution in [1.29, 1.82) is 0 Å². The number of methoxy groups -OCH3 is 1. The molecule has 142 valence electrons. The zero-order valence-electron chi connectivity index (χ0n) is 15.7. The summed E-state index contributed by atoms with van der Waals surface area (Å²) in [6, 6.07) is 15.3. The van der Waals surface area contributed by atoms with Gasteiger partial charge in [0.15, 0.2) is 5.82 Å². The van der Waals surface area contributed by atoms with Crippen LogP contribution in [0.4, 0.5) is 5.82 Å². The molecule has 0 radical (unpaired) electrons. The summed E-state index contributed by atoms with van der Waals surface area (Å²) in [5.41, 5.74) is 2.39. The molecule has 0 aliphatic carbocycles. The zero-order valence-corrected chi connectivity index (χ0v) is 15.7. The van der Waals surface area contributed by atoms with Crippen molar-refractivity contribution in [3.05, 3.63) is 66.5 Å². The molecule has 7 heteroatoms. The van der Waals surface area contributed by atoms with Crippen molar-refractivity contribution >= 4 is 11.7 Å². The second-order valence-electron chi connectivity index (χ2n) is 6.53. The number of carbonyl (C=O) groups excluding carboxylic acids is 1. The standard InChI is InChI=1S/C21H21N5O2/c1-28-18-6-2-4-16(14-18)19-7-8-20(24-23-19)25-10-12-26(13-11-25)21(27)17-5-3-9-22-15-17/h2-9,14-15H,10-13H2,1H3. The van der Waals surface area contributed by atoms with E-state index in [0.29, 0.717) is 18.7 Å². The van der Waals surface area contributed by atoms with Crippen LogP contribution in [0.3, 0.4) is 0 Å². The van der Waals surface area contributed by atoms with Crippen LogP contribution < -0.4 is 9.64 Å². The van der Waals surface area contributed by atoms with Gasteiger partial charge in [0.2, 0.25) is 0 Å². The van der Waals surface area contributed by atoms with Gasteiger partial charge in [-0.25, -0.2) is 0 Å². The zero-order chi connectivity index (χ0) is 19.3. The first-order valence-electron chi connectivity index (χ1n) is 9.17. The van der Waals surface area contributed by atoms with Crippen LogP contribution in [-0.4, -0.2) is 59.3 Å². The highest BCUT2D eigenvalue weighted by molar-refractivity contribution is 5.94. The Labute approximate surface area is 163 Å². The van der Waals surface area contributed by atoms with Gasteiger partial charge in [0, 0.05) is 44.1 Å². The van der Waals surface area contributed by atoms with Gasteiger partial charge in [-0.15, -0.1) is 10.2 Å². The molecule has 1 aliphatic heterocycles. The van der Waals surface area contributed by atoms with E-state index in [1.807, 2.05) is 41.3 Å². The van der Waals surface area contributed by atoms with Crippen LogP contribution in [0.1, 0.15) is 10.4 Å². The van der Waals surface area contributed by atoms with Crippen LogP contribution in [0.25, 0.3) is 11.3 Å². The van der Waals surface area contributed by atoms with E-state index in [1.54, 1.807) is 31.6 Å². The molecule has 2 aromatic heterocycles. The highest BCUT2D eigenvalue weighted by Gasteiger charge is 2.23. The average Bonchev–Trinajstić information content (AvgIpc) is 2.79. The van der Waals surface area contributed by atoms with Crippen LogP contribution in [-0.2, 0) is 0 Å². The Morgan fingerprint density at radius 2 is 1.86 bits per heavy atom. The summed E-state index contributed by atoms with van der Waals surface area (Å²) in [7, 11) is 1.65. The minimum absolute atomic E-state index is 0.0206. The second-order valence-corrected chi connectivity index (χ2v) is 6.53. The molecule has 1 aromatic carbocycles. The third-order valence-electron chi connectivity index (χ3n) is 4.82. The molecule has 0 N–H and O–H groups in total. The van der Waals surface area contributed by atoms with Gasteiger partial charge >= 0.3 is 0 Å². The maximum atomic E-state index is 12.5. The van der Waals surface area contributed by atoms with Crippen LogP contribution >= 0.6 is 0 Å². The SMILES string of the molecule is COc1cccc(-c2ccc(N3CCN(C(=O)c4cccnc4)CC3)nn2)c1.